The molecule has 0 amide bonds. The average molecular weight is 567 g/mol. The minimum Gasteiger partial charge on any atom is -0.493 e. The largest absolute Gasteiger partial charge is 0.493 e. The molecule has 1 N–H and O–H groups in total. The van der Waals surface area contributed by atoms with Crippen LogP contribution in [0.15, 0.2) is 46.9 Å². The summed E-state index contributed by atoms with van der Waals surface area (Å²) in [6.45, 7) is 1.32. The van der Waals surface area contributed by atoms with Crippen molar-refractivity contribution in [1.82, 2.24) is 0 Å². The number of unbranched alkanes of at least 4 members (excludes halogenated alkanes) is 2. The number of benzene rings is 2. The fourth-order valence-electron chi connectivity index (χ4n) is 4.18. The molecule has 0 aliphatic heterocycles. The fraction of sp³-hybridized carbons (Fsp3) is 0.500. The lowest BCUT2D eigenvalue weighted by Crippen LogP contribution is -2.62. The third-order valence-electron chi connectivity index (χ3n) is 6.54. The van der Waals surface area contributed by atoms with E-state index in [1.54, 1.807) is 12.1 Å². The lowest BCUT2D eigenvalue weighted by molar-refractivity contribution is -0.368. The van der Waals surface area contributed by atoms with Gasteiger partial charge in [0.25, 0.3) is 0 Å². The summed E-state index contributed by atoms with van der Waals surface area (Å²) in [7, 11) is 0. The first-order chi connectivity index (χ1) is 18.2. The second-order valence-electron chi connectivity index (χ2n) is 9.55. The number of halogens is 8. The number of rotatable bonds is 14. The zero-order chi connectivity index (χ0) is 29.1. The van der Waals surface area contributed by atoms with E-state index in [1.165, 1.54) is 17.7 Å². The molecule has 3 rings (SSSR count). The molecule has 216 valence electrons. The highest BCUT2D eigenvalue weighted by molar-refractivity contribution is 5.84. The van der Waals surface area contributed by atoms with E-state index in [9.17, 15) is 35.1 Å². The predicted octanol–water partition coefficient (Wildman–Crippen LogP) is 8.83. The number of hydrogen-bond acceptors (Lipinski definition) is 3. The number of aryl methyl sites for hydroxylation is 2. The number of hydrogen-bond donors (Lipinski definition) is 1. The van der Waals surface area contributed by atoms with E-state index in [1.807, 2.05) is 19.1 Å². The molecule has 11 heteroatoms. The quantitative estimate of drug-likeness (QED) is 0.157. The summed E-state index contributed by atoms with van der Waals surface area (Å²) in [4.78, 5) is 0. The number of aliphatic hydroxyl groups excluding tert-OH is 1. The van der Waals surface area contributed by atoms with Gasteiger partial charge in [-0.1, -0.05) is 38.0 Å². The summed E-state index contributed by atoms with van der Waals surface area (Å²) in [5.74, 6) is -23.4. The van der Waals surface area contributed by atoms with Gasteiger partial charge in [-0.2, -0.15) is 35.1 Å². The standard InChI is InChI=1S/C28H30F8O3/c1-3-4-5-6-19-7-10-22(18(2)15-19)24-16-20-8-9-21(17-23(20)39-24)38-14-12-26(31,32)28(35,36)27(33,34)25(29,30)11-13-37/h7-10,15-17,37H,3-6,11-14H2,1-2H3. The minimum atomic E-state index is -6.40. The molecule has 0 bridgehead atoms. The lowest BCUT2D eigenvalue weighted by atomic mass is 9.95. The van der Waals surface area contributed by atoms with Crippen LogP contribution in [0.25, 0.3) is 22.3 Å². The van der Waals surface area contributed by atoms with Crippen molar-refractivity contribution in [2.75, 3.05) is 13.2 Å². The summed E-state index contributed by atoms with van der Waals surface area (Å²) in [6.07, 6.45) is 0.249. The molecule has 0 radical (unpaired) electrons. The van der Waals surface area contributed by atoms with Crippen molar-refractivity contribution < 1.29 is 49.4 Å². The molecule has 3 nitrogen and oxygen atoms in total. The van der Waals surface area contributed by atoms with Crippen LogP contribution in [0.1, 0.15) is 50.2 Å². The van der Waals surface area contributed by atoms with E-state index in [-0.39, 0.29) is 5.75 Å². The van der Waals surface area contributed by atoms with Crippen LogP contribution in [0.2, 0.25) is 0 Å². The normalized spacial score (nSPS) is 13.3. The molecule has 0 atom stereocenters. The zero-order valence-electron chi connectivity index (χ0n) is 21.5. The van der Waals surface area contributed by atoms with E-state index >= 15 is 0 Å². The summed E-state index contributed by atoms with van der Waals surface area (Å²) in [6, 6.07) is 12.0. The Morgan fingerprint density at radius 2 is 1.49 bits per heavy atom. The van der Waals surface area contributed by atoms with E-state index in [0.29, 0.717) is 16.7 Å². The molecular weight excluding hydrogens is 536 g/mol. The van der Waals surface area contributed by atoms with Crippen molar-refractivity contribution in [3.63, 3.8) is 0 Å². The second-order valence-corrected chi connectivity index (χ2v) is 9.55. The number of aliphatic hydroxyl groups is 1. The number of fused-ring (bicyclic) bond motifs is 1. The van der Waals surface area contributed by atoms with Crippen molar-refractivity contribution in [2.45, 2.75) is 76.1 Å². The first kappa shape index (κ1) is 30.7. The van der Waals surface area contributed by atoms with Gasteiger partial charge in [-0.3, -0.25) is 0 Å². The monoisotopic (exact) mass is 566 g/mol. The van der Waals surface area contributed by atoms with E-state index in [4.69, 9.17) is 14.3 Å². The second kappa shape index (κ2) is 11.7. The Morgan fingerprint density at radius 3 is 2.10 bits per heavy atom. The first-order valence-corrected chi connectivity index (χ1v) is 12.6. The van der Waals surface area contributed by atoms with Crippen LogP contribution in [-0.4, -0.2) is 42.0 Å². The molecule has 39 heavy (non-hydrogen) atoms. The molecule has 0 fully saturated rings. The van der Waals surface area contributed by atoms with Gasteiger partial charge in [0.05, 0.1) is 13.0 Å². The van der Waals surface area contributed by atoms with Crippen LogP contribution >= 0.6 is 0 Å². The minimum absolute atomic E-state index is 0.0668. The van der Waals surface area contributed by atoms with E-state index in [0.717, 1.165) is 36.8 Å². The van der Waals surface area contributed by atoms with Gasteiger partial charge >= 0.3 is 23.7 Å². The topological polar surface area (TPSA) is 42.6 Å². The van der Waals surface area contributed by atoms with Crippen LogP contribution in [0.3, 0.4) is 0 Å². The van der Waals surface area contributed by atoms with Crippen LogP contribution in [0.5, 0.6) is 5.75 Å². The summed E-state index contributed by atoms with van der Waals surface area (Å²) >= 11 is 0. The third-order valence-corrected chi connectivity index (χ3v) is 6.54. The molecule has 0 unspecified atom stereocenters. The van der Waals surface area contributed by atoms with Crippen molar-refractivity contribution in [2.24, 2.45) is 0 Å². The smallest absolute Gasteiger partial charge is 0.378 e. The molecule has 3 aromatic rings. The summed E-state index contributed by atoms with van der Waals surface area (Å²) in [5.41, 5.74) is 3.34. The van der Waals surface area contributed by atoms with E-state index < -0.39 is 49.7 Å². The Morgan fingerprint density at radius 1 is 0.821 bits per heavy atom. The average Bonchev–Trinajstić information content (AvgIpc) is 3.27. The van der Waals surface area contributed by atoms with Crippen LogP contribution in [0, 0.1) is 6.92 Å². The molecule has 0 aliphatic rings. The van der Waals surface area contributed by atoms with Gasteiger partial charge in [-0.25, -0.2) is 0 Å². The van der Waals surface area contributed by atoms with Crippen LogP contribution in [-0.2, 0) is 6.42 Å². The molecule has 0 saturated carbocycles. The molecule has 0 saturated heterocycles. The van der Waals surface area contributed by atoms with E-state index in [2.05, 4.69) is 13.0 Å². The van der Waals surface area contributed by atoms with Gasteiger partial charge < -0.3 is 14.3 Å². The molecule has 0 aliphatic carbocycles. The summed E-state index contributed by atoms with van der Waals surface area (Å²) < 4.78 is 121. The highest BCUT2D eigenvalue weighted by atomic mass is 19.4. The molecular formula is C28H30F8O3. The maximum atomic E-state index is 14.0. The Bertz CT molecular complexity index is 1250. The first-order valence-electron chi connectivity index (χ1n) is 12.6. The van der Waals surface area contributed by atoms with Gasteiger partial charge in [0.2, 0.25) is 0 Å². The molecule has 0 spiro atoms. The van der Waals surface area contributed by atoms with Crippen molar-refractivity contribution in [3.05, 3.63) is 53.6 Å². The number of furan rings is 1. The maximum Gasteiger partial charge on any atom is 0.378 e. The van der Waals surface area contributed by atoms with Gasteiger partial charge in [0, 0.05) is 30.0 Å². The Kier molecular flexibility index (Phi) is 9.24. The number of ether oxygens (including phenoxy) is 1. The van der Waals surface area contributed by atoms with Gasteiger partial charge in [-0.15, -0.1) is 0 Å². The molecule has 1 heterocycles. The fourth-order valence-corrected chi connectivity index (χ4v) is 4.18. The molecule has 1 aromatic heterocycles. The van der Waals surface area contributed by atoms with Crippen LogP contribution < -0.4 is 4.74 Å². The van der Waals surface area contributed by atoms with Crippen LogP contribution in [0.4, 0.5) is 35.1 Å². The predicted molar refractivity (Wildman–Crippen MR) is 131 cm³/mol. The zero-order valence-corrected chi connectivity index (χ0v) is 21.5. The highest BCUT2D eigenvalue weighted by Gasteiger charge is 2.79. The third kappa shape index (κ3) is 6.34. The maximum absolute atomic E-state index is 14.0. The van der Waals surface area contributed by atoms with Crippen molar-refractivity contribution >= 4 is 11.0 Å². The van der Waals surface area contributed by atoms with Gasteiger partial charge in [-0.05, 0) is 49.1 Å². The number of alkyl halides is 8. The Balaban J connectivity index is 1.70. The van der Waals surface area contributed by atoms with Crippen molar-refractivity contribution in [3.8, 4) is 17.1 Å². The SMILES string of the molecule is CCCCCc1ccc(-c2cc3ccc(OCCC(F)(F)C(F)(F)C(F)(F)C(F)(F)CCO)cc3o2)c(C)c1. The Hall–Kier alpha value is -2.82. The highest BCUT2D eigenvalue weighted by Crippen LogP contribution is 2.54. The summed E-state index contributed by atoms with van der Waals surface area (Å²) in [5, 5.41) is 9.07. The molecule has 2 aromatic carbocycles. The lowest BCUT2D eigenvalue weighted by Gasteiger charge is -2.36. The van der Waals surface area contributed by atoms with Gasteiger partial charge in [0.1, 0.15) is 17.1 Å². The Labute approximate surface area is 220 Å². The van der Waals surface area contributed by atoms with Crippen molar-refractivity contribution in [1.29, 1.82) is 0 Å². The van der Waals surface area contributed by atoms with Gasteiger partial charge in [0.15, 0.2) is 0 Å².